The van der Waals surface area contributed by atoms with Crippen molar-refractivity contribution in [3.05, 3.63) is 35.4 Å². The van der Waals surface area contributed by atoms with Crippen molar-refractivity contribution in [1.82, 2.24) is 4.90 Å². The summed E-state index contributed by atoms with van der Waals surface area (Å²) < 4.78 is 33.1. The van der Waals surface area contributed by atoms with E-state index in [0.717, 1.165) is 25.5 Å². The number of halogens is 2. The molecule has 1 saturated carbocycles. The minimum absolute atomic E-state index is 0.208. The largest absolute Gasteiger partial charge is 0.375 e. The van der Waals surface area contributed by atoms with Crippen LogP contribution in [0, 0.1) is 11.6 Å². The number of rotatable bonds is 3. The highest BCUT2D eigenvalue weighted by Gasteiger charge is 2.38. The molecule has 1 aromatic carbocycles. The molecule has 0 bridgehead atoms. The molecule has 2 N–H and O–H groups in total. The van der Waals surface area contributed by atoms with Crippen molar-refractivity contribution >= 4 is 0 Å². The summed E-state index contributed by atoms with van der Waals surface area (Å²) in [4.78, 5) is 2.27. The predicted octanol–water partition coefficient (Wildman–Crippen LogP) is 2.61. The van der Waals surface area contributed by atoms with Crippen LogP contribution in [0.4, 0.5) is 8.78 Å². The Bertz CT molecular complexity index is 495. The Hall–Kier alpha value is -1.04. The maximum absolute atomic E-state index is 14.1. The van der Waals surface area contributed by atoms with Gasteiger partial charge in [-0.25, -0.2) is 8.78 Å². The van der Waals surface area contributed by atoms with Crippen molar-refractivity contribution in [2.24, 2.45) is 5.73 Å². The molecule has 3 atom stereocenters. The van der Waals surface area contributed by atoms with E-state index in [1.807, 2.05) is 0 Å². The molecule has 3 rings (SSSR count). The highest BCUT2D eigenvalue weighted by Crippen LogP contribution is 2.34. The van der Waals surface area contributed by atoms with Crippen LogP contribution < -0.4 is 5.73 Å². The number of nitrogens with two attached hydrogens (primary N) is 1. The normalized spacial score (nSPS) is 28.1. The van der Waals surface area contributed by atoms with Crippen LogP contribution in [0.3, 0.4) is 0 Å². The van der Waals surface area contributed by atoms with Gasteiger partial charge in [0.05, 0.1) is 18.8 Å². The second-order valence-electron chi connectivity index (χ2n) is 5.92. The summed E-state index contributed by atoms with van der Waals surface area (Å²) >= 11 is 0. The van der Waals surface area contributed by atoms with Crippen molar-refractivity contribution < 1.29 is 13.5 Å². The Morgan fingerprint density at radius 1 is 1.29 bits per heavy atom. The standard InChI is InChI=1S/C16H22F2N2O/c17-11-5-6-12(13(18)9-11)15(10-19)20-7-8-21-16-4-2-1-3-14(16)20/h5-6,9,14-16H,1-4,7-8,10,19H2. The smallest absolute Gasteiger partial charge is 0.130 e. The first-order chi connectivity index (χ1) is 10.2. The summed E-state index contributed by atoms with van der Waals surface area (Å²) in [6.07, 6.45) is 4.70. The summed E-state index contributed by atoms with van der Waals surface area (Å²) in [5, 5.41) is 0. The molecule has 0 aromatic heterocycles. The Morgan fingerprint density at radius 2 is 2.10 bits per heavy atom. The first kappa shape index (κ1) is 14.9. The monoisotopic (exact) mass is 296 g/mol. The lowest BCUT2D eigenvalue weighted by Crippen LogP contribution is -2.55. The number of benzene rings is 1. The van der Waals surface area contributed by atoms with Crippen LogP contribution in [-0.2, 0) is 4.74 Å². The second kappa shape index (κ2) is 6.38. The number of hydrogen-bond acceptors (Lipinski definition) is 3. The third kappa shape index (κ3) is 2.96. The molecule has 3 unspecified atom stereocenters. The van der Waals surface area contributed by atoms with Crippen molar-refractivity contribution in [3.8, 4) is 0 Å². The molecule has 5 heteroatoms. The van der Waals surface area contributed by atoms with Gasteiger partial charge >= 0.3 is 0 Å². The van der Waals surface area contributed by atoms with Crippen LogP contribution in [0.2, 0.25) is 0 Å². The van der Waals surface area contributed by atoms with Gasteiger partial charge in [-0.15, -0.1) is 0 Å². The van der Waals surface area contributed by atoms with E-state index in [4.69, 9.17) is 10.5 Å². The van der Waals surface area contributed by atoms with Gasteiger partial charge in [-0.1, -0.05) is 18.9 Å². The predicted molar refractivity (Wildman–Crippen MR) is 76.9 cm³/mol. The lowest BCUT2D eigenvalue weighted by molar-refractivity contribution is -0.102. The summed E-state index contributed by atoms with van der Waals surface area (Å²) in [5.74, 6) is -1.06. The Kier molecular flexibility index (Phi) is 4.52. The highest BCUT2D eigenvalue weighted by molar-refractivity contribution is 5.23. The zero-order chi connectivity index (χ0) is 14.8. The van der Waals surface area contributed by atoms with Crippen LogP contribution in [-0.4, -0.2) is 36.7 Å². The van der Waals surface area contributed by atoms with E-state index in [1.165, 1.54) is 25.0 Å². The number of morpholine rings is 1. The van der Waals surface area contributed by atoms with E-state index >= 15 is 0 Å². The third-order valence-electron chi connectivity index (χ3n) is 4.72. The molecule has 0 amide bonds. The molecule has 1 saturated heterocycles. The molecule has 1 heterocycles. The summed E-state index contributed by atoms with van der Waals surface area (Å²) in [6.45, 7) is 1.73. The van der Waals surface area contributed by atoms with Crippen LogP contribution in [0.25, 0.3) is 0 Å². The fraction of sp³-hybridized carbons (Fsp3) is 0.625. The molecular weight excluding hydrogens is 274 g/mol. The minimum atomic E-state index is -0.551. The molecule has 0 radical (unpaired) electrons. The molecule has 21 heavy (non-hydrogen) atoms. The number of hydrogen-bond donors (Lipinski definition) is 1. The Labute approximate surface area is 124 Å². The van der Waals surface area contributed by atoms with Gasteiger partial charge in [-0.05, 0) is 18.9 Å². The van der Waals surface area contributed by atoms with Crippen LogP contribution >= 0.6 is 0 Å². The second-order valence-corrected chi connectivity index (χ2v) is 5.92. The van der Waals surface area contributed by atoms with E-state index in [1.54, 1.807) is 0 Å². The quantitative estimate of drug-likeness (QED) is 0.932. The summed E-state index contributed by atoms with van der Waals surface area (Å²) in [6, 6.07) is 3.86. The summed E-state index contributed by atoms with van der Waals surface area (Å²) in [7, 11) is 0. The molecule has 2 fully saturated rings. The van der Waals surface area contributed by atoms with Gasteiger partial charge in [0.1, 0.15) is 11.6 Å². The maximum Gasteiger partial charge on any atom is 0.130 e. The van der Waals surface area contributed by atoms with E-state index in [2.05, 4.69) is 4.90 Å². The van der Waals surface area contributed by atoms with E-state index in [9.17, 15) is 8.78 Å². The number of fused-ring (bicyclic) bond motifs is 1. The van der Waals surface area contributed by atoms with Gasteiger partial charge in [0, 0.05) is 30.8 Å². The maximum atomic E-state index is 14.1. The number of ether oxygens (including phenoxy) is 1. The molecule has 3 nitrogen and oxygen atoms in total. The van der Waals surface area contributed by atoms with Crippen LogP contribution in [0.1, 0.15) is 37.3 Å². The first-order valence-corrected chi connectivity index (χ1v) is 7.73. The molecule has 0 spiro atoms. The highest BCUT2D eigenvalue weighted by atomic mass is 19.1. The van der Waals surface area contributed by atoms with Crippen molar-refractivity contribution in [2.75, 3.05) is 19.7 Å². The fourth-order valence-electron chi connectivity index (χ4n) is 3.73. The molecular formula is C16H22F2N2O. The van der Waals surface area contributed by atoms with Gasteiger partial charge in [0.15, 0.2) is 0 Å². The average molecular weight is 296 g/mol. The fourth-order valence-corrected chi connectivity index (χ4v) is 3.73. The van der Waals surface area contributed by atoms with E-state index in [-0.39, 0.29) is 12.1 Å². The topological polar surface area (TPSA) is 38.5 Å². The van der Waals surface area contributed by atoms with Gasteiger partial charge in [0.25, 0.3) is 0 Å². The SMILES string of the molecule is NCC(c1ccc(F)cc1F)N1CCOC2CCCCC21. The van der Waals surface area contributed by atoms with Crippen LogP contribution in [0.5, 0.6) is 0 Å². The van der Waals surface area contributed by atoms with Crippen molar-refractivity contribution in [3.63, 3.8) is 0 Å². The van der Waals surface area contributed by atoms with Crippen molar-refractivity contribution in [1.29, 1.82) is 0 Å². The zero-order valence-corrected chi connectivity index (χ0v) is 12.1. The zero-order valence-electron chi connectivity index (χ0n) is 12.1. The first-order valence-electron chi connectivity index (χ1n) is 7.73. The van der Waals surface area contributed by atoms with Gasteiger partial charge in [0.2, 0.25) is 0 Å². The molecule has 1 aliphatic carbocycles. The van der Waals surface area contributed by atoms with Crippen molar-refractivity contribution in [2.45, 2.75) is 43.9 Å². The molecule has 2 aliphatic rings. The average Bonchev–Trinajstić information content (AvgIpc) is 2.50. The lowest BCUT2D eigenvalue weighted by Gasteiger charge is -2.47. The van der Waals surface area contributed by atoms with Gasteiger partial charge in [-0.3, -0.25) is 4.90 Å². The Morgan fingerprint density at radius 3 is 2.86 bits per heavy atom. The Balaban J connectivity index is 1.87. The minimum Gasteiger partial charge on any atom is -0.375 e. The third-order valence-corrected chi connectivity index (χ3v) is 4.72. The molecule has 1 aromatic rings. The van der Waals surface area contributed by atoms with Gasteiger partial charge in [-0.2, -0.15) is 0 Å². The molecule has 1 aliphatic heterocycles. The summed E-state index contributed by atoms with van der Waals surface area (Å²) in [5.41, 5.74) is 6.41. The van der Waals surface area contributed by atoms with E-state index in [0.29, 0.717) is 24.8 Å². The molecule has 116 valence electrons. The lowest BCUT2D eigenvalue weighted by atomic mass is 9.88. The van der Waals surface area contributed by atoms with Gasteiger partial charge < -0.3 is 10.5 Å². The van der Waals surface area contributed by atoms with E-state index < -0.39 is 11.6 Å². The number of nitrogens with zero attached hydrogens (tertiary/aromatic N) is 1. The van der Waals surface area contributed by atoms with Crippen LogP contribution in [0.15, 0.2) is 18.2 Å².